The van der Waals surface area contributed by atoms with E-state index in [-0.39, 0.29) is 27.5 Å². The van der Waals surface area contributed by atoms with E-state index in [0.717, 1.165) is 38.5 Å². The van der Waals surface area contributed by atoms with Crippen molar-refractivity contribution in [2.75, 3.05) is 0 Å². The van der Waals surface area contributed by atoms with Crippen molar-refractivity contribution in [3.05, 3.63) is 24.3 Å². The molecule has 2 radical (unpaired) electrons. The Labute approximate surface area is 159 Å². The van der Waals surface area contributed by atoms with E-state index in [0.29, 0.717) is 17.8 Å². The molecule has 1 fully saturated rings. The molecule has 1 saturated heterocycles. The summed E-state index contributed by atoms with van der Waals surface area (Å²) in [6, 6.07) is 0. The van der Waals surface area contributed by atoms with Crippen LogP contribution in [0.5, 0.6) is 0 Å². The van der Waals surface area contributed by atoms with Crippen LogP contribution < -0.4 is 0 Å². The van der Waals surface area contributed by atoms with Crippen molar-refractivity contribution in [2.45, 2.75) is 81.4 Å². The molecule has 0 amide bonds. The quantitative estimate of drug-likeness (QED) is 0.576. The molecule has 0 saturated carbocycles. The van der Waals surface area contributed by atoms with Crippen LogP contribution in [0.15, 0.2) is 24.3 Å². The highest BCUT2D eigenvalue weighted by Gasteiger charge is 2.52. The van der Waals surface area contributed by atoms with Crippen LogP contribution in [0.4, 0.5) is 0 Å². The number of thioether (sulfide) groups is 1. The summed E-state index contributed by atoms with van der Waals surface area (Å²) in [5, 5.41) is 20.1. The second-order valence-corrected chi connectivity index (χ2v) is 11.1. The summed E-state index contributed by atoms with van der Waals surface area (Å²) < 4.78 is 0.137. The average molecular weight is 360 g/mol. The largest absolute Gasteiger partial charge is 0.389 e. The Morgan fingerprint density at radius 2 is 1.44 bits per heavy atom. The third kappa shape index (κ3) is 4.06. The van der Waals surface area contributed by atoms with Crippen LogP contribution in [0.25, 0.3) is 0 Å². The summed E-state index contributed by atoms with van der Waals surface area (Å²) >= 11 is 1.93. The van der Waals surface area contributed by atoms with Crippen molar-refractivity contribution in [1.82, 2.24) is 0 Å². The van der Waals surface area contributed by atoms with Gasteiger partial charge in [0, 0.05) is 4.75 Å². The summed E-state index contributed by atoms with van der Waals surface area (Å²) in [4.78, 5) is 0. The van der Waals surface area contributed by atoms with Gasteiger partial charge in [0.25, 0.3) is 0 Å². The zero-order chi connectivity index (χ0) is 18.2. The SMILES string of the molecule is [B][C@@H]1CC(C)C(C2C=CC(O)CC2)(C2C=CC(O)CC2)CC(C)(C)S1. The Morgan fingerprint density at radius 3 is 1.88 bits per heavy atom. The van der Waals surface area contributed by atoms with Gasteiger partial charge < -0.3 is 10.2 Å². The predicted octanol–water partition coefficient (Wildman–Crippen LogP) is 4.06. The van der Waals surface area contributed by atoms with Crippen LogP contribution in [-0.4, -0.2) is 40.2 Å². The first-order valence-electron chi connectivity index (χ1n) is 9.89. The molecule has 0 aromatic rings. The summed E-state index contributed by atoms with van der Waals surface area (Å²) in [6.07, 6.45) is 14.0. The Balaban J connectivity index is 2.04. The molecular formula is C21H33BO2S. The highest BCUT2D eigenvalue weighted by Crippen LogP contribution is 2.60. The van der Waals surface area contributed by atoms with Gasteiger partial charge in [-0.3, -0.25) is 0 Å². The lowest BCUT2D eigenvalue weighted by Crippen LogP contribution is -2.47. The van der Waals surface area contributed by atoms with Gasteiger partial charge in [0.15, 0.2) is 0 Å². The number of aliphatic hydroxyl groups is 2. The molecule has 4 heteroatoms. The van der Waals surface area contributed by atoms with Crippen molar-refractivity contribution in [3.8, 4) is 0 Å². The van der Waals surface area contributed by atoms with E-state index in [1.807, 2.05) is 23.9 Å². The van der Waals surface area contributed by atoms with Gasteiger partial charge in [-0.1, -0.05) is 45.1 Å². The van der Waals surface area contributed by atoms with E-state index in [2.05, 4.69) is 32.9 Å². The molecular weight excluding hydrogens is 327 g/mol. The van der Waals surface area contributed by atoms with E-state index in [1.54, 1.807) is 0 Å². The fraction of sp³-hybridized carbons (Fsp3) is 0.810. The molecule has 25 heavy (non-hydrogen) atoms. The van der Waals surface area contributed by atoms with Crippen molar-refractivity contribution in [2.24, 2.45) is 23.2 Å². The van der Waals surface area contributed by atoms with E-state index in [9.17, 15) is 10.2 Å². The maximum Gasteiger partial charge on any atom is 0.0846 e. The average Bonchev–Trinajstić information content (AvgIpc) is 2.62. The van der Waals surface area contributed by atoms with Gasteiger partial charge in [0.1, 0.15) is 0 Å². The molecule has 1 aliphatic heterocycles. The molecule has 2 N–H and O–H groups in total. The first kappa shape index (κ1) is 19.6. The first-order valence-corrected chi connectivity index (χ1v) is 10.8. The number of allylic oxidation sites excluding steroid dienone is 2. The highest BCUT2D eigenvalue weighted by molar-refractivity contribution is 8.02. The molecule has 0 bridgehead atoms. The van der Waals surface area contributed by atoms with Crippen molar-refractivity contribution in [3.63, 3.8) is 0 Å². The molecule has 3 rings (SSSR count). The van der Waals surface area contributed by atoms with Crippen LogP contribution in [0.3, 0.4) is 0 Å². The van der Waals surface area contributed by atoms with Crippen LogP contribution in [0, 0.1) is 23.2 Å². The molecule has 5 unspecified atom stereocenters. The zero-order valence-electron chi connectivity index (χ0n) is 15.9. The fourth-order valence-corrected chi connectivity index (χ4v) is 7.29. The van der Waals surface area contributed by atoms with Gasteiger partial charge in [-0.25, -0.2) is 0 Å². The maximum absolute atomic E-state index is 9.96. The molecule has 3 aliphatic rings. The van der Waals surface area contributed by atoms with Crippen LogP contribution in [0.1, 0.15) is 59.3 Å². The van der Waals surface area contributed by atoms with Gasteiger partial charge in [0.05, 0.1) is 20.1 Å². The Kier molecular flexibility index (Phi) is 5.83. The maximum atomic E-state index is 9.96. The topological polar surface area (TPSA) is 40.5 Å². The summed E-state index contributed by atoms with van der Waals surface area (Å²) in [6.45, 7) is 7.07. The molecule has 6 atom stereocenters. The van der Waals surface area contributed by atoms with Gasteiger partial charge in [0.2, 0.25) is 0 Å². The lowest BCUT2D eigenvalue weighted by atomic mass is 9.52. The Morgan fingerprint density at radius 1 is 0.920 bits per heavy atom. The van der Waals surface area contributed by atoms with E-state index in [1.165, 1.54) is 0 Å². The molecule has 0 aromatic heterocycles. The van der Waals surface area contributed by atoms with E-state index >= 15 is 0 Å². The molecule has 2 nitrogen and oxygen atoms in total. The normalized spacial score (nSPS) is 47.4. The fourth-order valence-electron chi connectivity index (χ4n) is 5.75. The van der Waals surface area contributed by atoms with E-state index in [4.69, 9.17) is 7.85 Å². The summed E-state index contributed by atoms with van der Waals surface area (Å²) in [7, 11) is 6.47. The molecule has 2 aliphatic carbocycles. The number of aliphatic hydroxyl groups excluding tert-OH is 2. The van der Waals surface area contributed by atoms with Crippen LogP contribution in [0.2, 0.25) is 0 Å². The van der Waals surface area contributed by atoms with Crippen molar-refractivity contribution >= 4 is 19.6 Å². The van der Waals surface area contributed by atoms with Gasteiger partial charge in [-0.15, -0.1) is 0 Å². The molecule has 0 spiro atoms. The zero-order valence-corrected chi connectivity index (χ0v) is 16.7. The first-order chi connectivity index (χ1) is 11.7. The predicted molar refractivity (Wildman–Crippen MR) is 108 cm³/mol. The van der Waals surface area contributed by atoms with Crippen molar-refractivity contribution < 1.29 is 10.2 Å². The summed E-state index contributed by atoms with van der Waals surface area (Å²) in [5.41, 5.74) is 0.151. The van der Waals surface area contributed by atoms with Gasteiger partial charge in [-0.2, -0.15) is 11.8 Å². The third-order valence-electron chi connectivity index (χ3n) is 6.76. The summed E-state index contributed by atoms with van der Waals surface area (Å²) in [5.74, 6) is 1.47. The number of hydrogen-bond donors (Lipinski definition) is 2. The highest BCUT2D eigenvalue weighted by atomic mass is 32.2. The Bertz CT molecular complexity index is 502. The molecule has 0 aromatic carbocycles. The van der Waals surface area contributed by atoms with Gasteiger partial charge in [-0.05, 0) is 66.8 Å². The standard InChI is InChI=1S/C21H33BO2S/c1-14-12-19(22)25-20(2,3)13-21(14,15-4-8-17(23)9-5-15)16-6-10-18(24)11-7-16/h4,6,8,10,14-19,23-24H,5,7,9,11-13H2,1-3H3/t14?,15?,16?,17?,18?,19-,21?/m0/s1. The lowest BCUT2D eigenvalue weighted by molar-refractivity contribution is 0.00655. The van der Waals surface area contributed by atoms with Crippen LogP contribution >= 0.6 is 11.8 Å². The monoisotopic (exact) mass is 360 g/mol. The second-order valence-electron chi connectivity index (χ2n) is 9.11. The van der Waals surface area contributed by atoms with Crippen LogP contribution in [-0.2, 0) is 0 Å². The minimum absolute atomic E-state index is 0.137. The molecule has 138 valence electrons. The van der Waals surface area contributed by atoms with E-state index < -0.39 is 0 Å². The number of rotatable bonds is 2. The smallest absolute Gasteiger partial charge is 0.0846 e. The minimum atomic E-state index is -0.289. The Hall–Kier alpha value is -0.185. The molecule has 1 heterocycles. The number of hydrogen-bond acceptors (Lipinski definition) is 3. The minimum Gasteiger partial charge on any atom is -0.389 e. The van der Waals surface area contributed by atoms with Crippen molar-refractivity contribution in [1.29, 1.82) is 0 Å². The van der Waals surface area contributed by atoms with Gasteiger partial charge >= 0.3 is 0 Å². The second kappa shape index (κ2) is 7.44. The third-order valence-corrected chi connectivity index (χ3v) is 8.04. The lowest BCUT2D eigenvalue weighted by Gasteiger charge is -2.52.